The first-order valence-electron chi connectivity index (χ1n) is 8.65. The molecule has 0 aromatic heterocycles. The molecule has 4 nitrogen and oxygen atoms in total. The fourth-order valence-corrected chi connectivity index (χ4v) is 3.72. The van der Waals surface area contributed by atoms with Crippen molar-refractivity contribution < 1.29 is 27.5 Å². The maximum atomic E-state index is 13.4. The Kier molecular flexibility index (Phi) is 5.07. The lowest BCUT2D eigenvalue weighted by atomic mass is 9.82. The molecule has 140 valence electrons. The lowest BCUT2D eigenvalue weighted by Crippen LogP contribution is -2.35. The maximum absolute atomic E-state index is 13.4. The van der Waals surface area contributed by atoms with E-state index in [-0.39, 0.29) is 29.4 Å². The molecule has 7 heteroatoms. The Morgan fingerprint density at radius 3 is 2.50 bits per heavy atom. The highest BCUT2D eigenvalue weighted by Crippen LogP contribution is 2.41. The number of nitrogens with one attached hydrogen (secondary N) is 1. The molecule has 1 fully saturated rings. The quantitative estimate of drug-likeness (QED) is 0.820. The molecule has 1 atom stereocenters. The van der Waals surface area contributed by atoms with E-state index in [2.05, 4.69) is 5.32 Å². The highest BCUT2D eigenvalue weighted by molar-refractivity contribution is 5.96. The minimum absolute atomic E-state index is 0.0763. The van der Waals surface area contributed by atoms with Crippen LogP contribution in [0.4, 0.5) is 13.2 Å². The Morgan fingerprint density at radius 2 is 1.85 bits per heavy atom. The number of amides is 1. The van der Waals surface area contributed by atoms with E-state index < -0.39 is 29.5 Å². The topological polar surface area (TPSA) is 55.4 Å². The molecule has 2 aliphatic rings. The molecular formula is C19H20F3NO3. The summed E-state index contributed by atoms with van der Waals surface area (Å²) in [5.74, 6) is -2.03. The van der Waals surface area contributed by atoms with Gasteiger partial charge in [0.1, 0.15) is 6.10 Å². The van der Waals surface area contributed by atoms with Gasteiger partial charge < -0.3 is 10.1 Å². The molecule has 1 aromatic rings. The molecule has 1 aliphatic heterocycles. The number of hydrogen-bond donors (Lipinski definition) is 1. The fraction of sp³-hybridized carbons (Fsp3) is 0.474. The van der Waals surface area contributed by atoms with Gasteiger partial charge in [0.05, 0.1) is 11.1 Å². The standard InChI is InChI=1S/C19H20F3NO3/c1-11-17(18(25)26-12-6-2-3-7-12)14(10-16(24)23-11)13-8-4-5-9-15(13)19(20,21)22/h4-5,8-9,12,14H,2-3,6-7,10H2,1H3,(H,23,24)/t14-/m1/s1. The SMILES string of the molecule is CC1=C(C(=O)OC2CCCC2)[C@@H](c2ccccc2C(F)(F)F)CC(=O)N1. The summed E-state index contributed by atoms with van der Waals surface area (Å²) in [6.07, 6.45) is -1.56. The molecule has 1 amide bonds. The third-order valence-electron chi connectivity index (χ3n) is 4.91. The van der Waals surface area contributed by atoms with Crippen LogP contribution in [0.25, 0.3) is 0 Å². The summed E-state index contributed by atoms with van der Waals surface area (Å²) < 4.78 is 45.8. The van der Waals surface area contributed by atoms with Gasteiger partial charge in [-0.05, 0) is 44.2 Å². The van der Waals surface area contributed by atoms with Crippen molar-refractivity contribution in [2.45, 2.75) is 57.2 Å². The summed E-state index contributed by atoms with van der Waals surface area (Å²) in [4.78, 5) is 24.7. The zero-order valence-corrected chi connectivity index (χ0v) is 14.4. The highest BCUT2D eigenvalue weighted by Gasteiger charge is 2.40. The van der Waals surface area contributed by atoms with E-state index in [0.717, 1.165) is 31.7 Å². The van der Waals surface area contributed by atoms with Crippen LogP contribution in [0, 0.1) is 0 Å². The third-order valence-corrected chi connectivity index (χ3v) is 4.91. The number of benzene rings is 1. The zero-order chi connectivity index (χ0) is 18.9. The van der Waals surface area contributed by atoms with Crippen molar-refractivity contribution in [3.8, 4) is 0 Å². The Bertz CT molecular complexity index is 749. The molecule has 1 heterocycles. The molecule has 3 rings (SSSR count). The predicted molar refractivity (Wildman–Crippen MR) is 88.0 cm³/mol. The number of esters is 1. The van der Waals surface area contributed by atoms with E-state index in [1.54, 1.807) is 0 Å². The molecule has 1 saturated carbocycles. The fourth-order valence-electron chi connectivity index (χ4n) is 3.72. The van der Waals surface area contributed by atoms with Gasteiger partial charge in [-0.15, -0.1) is 0 Å². The number of alkyl halides is 3. The molecule has 26 heavy (non-hydrogen) atoms. The summed E-state index contributed by atoms with van der Waals surface area (Å²) in [6, 6.07) is 5.06. The van der Waals surface area contributed by atoms with E-state index in [1.165, 1.54) is 25.1 Å². The van der Waals surface area contributed by atoms with Gasteiger partial charge in [-0.25, -0.2) is 4.79 Å². The van der Waals surface area contributed by atoms with Crippen LogP contribution < -0.4 is 5.32 Å². The second kappa shape index (κ2) is 7.13. The Balaban J connectivity index is 2.00. The van der Waals surface area contributed by atoms with E-state index in [1.807, 2.05) is 0 Å². The minimum atomic E-state index is -4.57. The highest BCUT2D eigenvalue weighted by atomic mass is 19.4. The van der Waals surface area contributed by atoms with Gasteiger partial charge in [0.2, 0.25) is 5.91 Å². The number of carbonyl (C=O) groups excluding carboxylic acids is 2. The molecule has 0 radical (unpaired) electrons. The van der Waals surface area contributed by atoms with Crippen LogP contribution in [0.1, 0.15) is 56.1 Å². The number of ether oxygens (including phenoxy) is 1. The van der Waals surface area contributed by atoms with Crippen molar-refractivity contribution in [3.63, 3.8) is 0 Å². The zero-order valence-electron chi connectivity index (χ0n) is 14.4. The molecule has 0 bridgehead atoms. The Labute approximate surface area is 149 Å². The van der Waals surface area contributed by atoms with E-state index >= 15 is 0 Å². The second-order valence-corrected chi connectivity index (χ2v) is 6.74. The van der Waals surface area contributed by atoms with Crippen LogP contribution in [-0.4, -0.2) is 18.0 Å². The average Bonchev–Trinajstić information content (AvgIpc) is 3.06. The van der Waals surface area contributed by atoms with Crippen LogP contribution in [0.5, 0.6) is 0 Å². The Hall–Kier alpha value is -2.31. The molecule has 0 unspecified atom stereocenters. The summed E-state index contributed by atoms with van der Waals surface area (Å²) in [6.45, 7) is 1.52. The molecule has 1 aromatic carbocycles. The van der Waals surface area contributed by atoms with Crippen molar-refractivity contribution in [1.82, 2.24) is 5.32 Å². The van der Waals surface area contributed by atoms with Gasteiger partial charge >= 0.3 is 12.1 Å². The third kappa shape index (κ3) is 3.76. The van der Waals surface area contributed by atoms with E-state index in [0.29, 0.717) is 0 Å². The van der Waals surface area contributed by atoms with Crippen molar-refractivity contribution in [2.24, 2.45) is 0 Å². The summed E-state index contributed by atoms with van der Waals surface area (Å²) in [5, 5.41) is 2.55. The van der Waals surface area contributed by atoms with Gasteiger partial charge in [0, 0.05) is 18.0 Å². The molecular weight excluding hydrogens is 347 g/mol. The number of hydrogen-bond acceptors (Lipinski definition) is 3. The van der Waals surface area contributed by atoms with Crippen molar-refractivity contribution in [3.05, 3.63) is 46.7 Å². The lowest BCUT2D eigenvalue weighted by Gasteiger charge is -2.29. The minimum Gasteiger partial charge on any atom is -0.459 e. The van der Waals surface area contributed by atoms with Gasteiger partial charge in [0.15, 0.2) is 0 Å². The number of allylic oxidation sites excluding steroid dienone is 1. The van der Waals surface area contributed by atoms with Crippen molar-refractivity contribution in [1.29, 1.82) is 0 Å². The van der Waals surface area contributed by atoms with Crippen molar-refractivity contribution in [2.75, 3.05) is 0 Å². The first kappa shape index (κ1) is 18.5. The first-order chi connectivity index (χ1) is 12.3. The second-order valence-electron chi connectivity index (χ2n) is 6.74. The van der Waals surface area contributed by atoms with E-state index in [4.69, 9.17) is 4.74 Å². The number of carbonyl (C=O) groups is 2. The number of halogens is 3. The van der Waals surface area contributed by atoms with Crippen molar-refractivity contribution >= 4 is 11.9 Å². The van der Waals surface area contributed by atoms with Crippen LogP contribution in [0.3, 0.4) is 0 Å². The first-order valence-corrected chi connectivity index (χ1v) is 8.65. The monoisotopic (exact) mass is 367 g/mol. The summed E-state index contributed by atoms with van der Waals surface area (Å²) in [5.41, 5.74) is -0.550. The van der Waals surface area contributed by atoms with E-state index in [9.17, 15) is 22.8 Å². The normalized spacial score (nSPS) is 21.7. The van der Waals surface area contributed by atoms with Gasteiger partial charge in [-0.3, -0.25) is 4.79 Å². The van der Waals surface area contributed by atoms with Crippen LogP contribution in [0.2, 0.25) is 0 Å². The number of rotatable bonds is 3. The molecule has 1 aliphatic carbocycles. The molecule has 0 saturated heterocycles. The van der Waals surface area contributed by atoms with Crippen LogP contribution in [-0.2, 0) is 20.5 Å². The van der Waals surface area contributed by atoms with Crippen LogP contribution in [0.15, 0.2) is 35.5 Å². The largest absolute Gasteiger partial charge is 0.459 e. The molecule has 0 spiro atoms. The van der Waals surface area contributed by atoms with Crippen LogP contribution >= 0.6 is 0 Å². The van der Waals surface area contributed by atoms with Gasteiger partial charge in [0.25, 0.3) is 0 Å². The summed E-state index contributed by atoms with van der Waals surface area (Å²) >= 11 is 0. The van der Waals surface area contributed by atoms with Gasteiger partial charge in [-0.1, -0.05) is 18.2 Å². The maximum Gasteiger partial charge on any atom is 0.416 e. The smallest absolute Gasteiger partial charge is 0.416 e. The van der Waals surface area contributed by atoms with Gasteiger partial charge in [-0.2, -0.15) is 13.2 Å². The predicted octanol–water partition coefficient (Wildman–Crippen LogP) is 4.07. The molecule has 1 N–H and O–H groups in total. The summed E-state index contributed by atoms with van der Waals surface area (Å²) in [7, 11) is 0. The lowest BCUT2D eigenvalue weighted by molar-refractivity contribution is -0.145. The Morgan fingerprint density at radius 1 is 1.19 bits per heavy atom. The average molecular weight is 367 g/mol.